The molecule has 5 amide bonds. The molecule has 3 aromatic rings. The van der Waals surface area contributed by atoms with Crippen molar-refractivity contribution in [1.82, 2.24) is 46.9 Å². The molecule has 6 aliphatic rings. The first-order valence-electron chi connectivity index (χ1n) is 33.6. The first-order chi connectivity index (χ1) is 48.4. The molecule has 1 aliphatic carbocycles. The lowest BCUT2D eigenvalue weighted by Gasteiger charge is -2.63. The Kier molecular flexibility index (Phi) is 25.0. The standard InChI is InChI=1S/C66H94N10O24S2/c1-7-62(96)25-32-26-65(60(94)99-6,51-34(14-18-75(27-32)31-62)33-12-9-10-13-37(33)68-51)36-22-35-40(24-43(36)98-5)74(4)57-64(35)16-19-76-17-11-15-63(8-2,56(64)76)58(92)66(57,97)59(93)72-73-61(95)100-20-21-101-102-30-39(55(90)91)70-54(89)46(50(86)48(84)42(80)29-78)71-52(87)38(23-44(81)82)69-53(88)45(67-3)49(85)47(83)41(79)28-77/h9-13,15,22,24,32,38-39,41-42,45-50,56-58,67-68,77-80,83-86,92,96-97H,7-8,14,16-21,23,25-31H2,1-6H3,(H,69,88)(H,70,89)(H,71,87)(H,72,93)(H,73,95)(H,81,82)(H,90,91)/t32-,38?,39+,41-,42-,45+,46+,47-,48-,49-,50-,56?,57-,58-,62+,63-,64-,65+,66+/m1/s1. The fourth-order valence-electron chi connectivity index (χ4n) is 16.8. The van der Waals surface area contributed by atoms with Crippen LogP contribution < -0.4 is 41.8 Å². The van der Waals surface area contributed by atoms with Crippen LogP contribution in [-0.4, -0.2) is 311 Å². The molecule has 1 aromatic heterocycles. The van der Waals surface area contributed by atoms with Crippen molar-refractivity contribution in [3.8, 4) is 5.75 Å². The second-order valence-electron chi connectivity index (χ2n) is 27.2. The third-order valence-corrected chi connectivity index (χ3v) is 23.9. The summed E-state index contributed by atoms with van der Waals surface area (Å²) in [7, 11) is 7.36. The number of benzene rings is 2. The molecule has 102 heavy (non-hydrogen) atoms. The fraction of sp³-hybridized carbons (Fsp3) is 0.636. The van der Waals surface area contributed by atoms with Gasteiger partial charge >= 0.3 is 24.0 Å². The average molecular weight is 1480 g/mol. The predicted octanol–water partition coefficient (Wildman–Crippen LogP) is -4.86. The number of aliphatic carboxylic acids is 2. The number of ether oxygens (including phenoxy) is 3. The minimum absolute atomic E-state index is 0.0814. The Morgan fingerprint density at radius 2 is 1.45 bits per heavy atom. The van der Waals surface area contributed by atoms with E-state index < -0.39 is 186 Å². The monoisotopic (exact) mass is 1470 g/mol. The number of nitrogens with zero attached hydrogens (tertiary/aromatic N) is 3. The normalized spacial score (nSPS) is 29.3. The van der Waals surface area contributed by atoms with E-state index in [1.165, 1.54) is 14.2 Å². The molecule has 34 nitrogen and oxygen atoms in total. The maximum atomic E-state index is 15.6. The summed E-state index contributed by atoms with van der Waals surface area (Å²) in [6, 6.07) is 1.37. The van der Waals surface area contributed by atoms with Crippen molar-refractivity contribution < 1.29 is 119 Å². The summed E-state index contributed by atoms with van der Waals surface area (Å²) >= 11 is 0. The first kappa shape index (κ1) is 79.1. The van der Waals surface area contributed by atoms with Crippen LogP contribution in [0.4, 0.5) is 10.5 Å². The Balaban J connectivity index is 0.911. The third kappa shape index (κ3) is 14.5. The summed E-state index contributed by atoms with van der Waals surface area (Å²) in [6.45, 7) is 3.74. The number of hydrogen-bond donors (Lipinski definition) is 20. The number of hydrazine groups is 1. The van der Waals surface area contributed by atoms with E-state index in [4.69, 9.17) is 14.2 Å². The first-order valence-corrected chi connectivity index (χ1v) is 36.1. The molecule has 9 rings (SSSR count). The van der Waals surface area contributed by atoms with Crippen molar-refractivity contribution in [3.05, 3.63) is 70.9 Å². The number of carbonyl (C=O) groups is 8. The summed E-state index contributed by atoms with van der Waals surface area (Å²) in [5, 5.41) is 149. The van der Waals surface area contributed by atoms with Gasteiger partial charge in [0.1, 0.15) is 84.7 Å². The van der Waals surface area contributed by atoms with E-state index in [1.54, 1.807) is 18.0 Å². The van der Waals surface area contributed by atoms with Crippen LogP contribution >= 0.6 is 21.6 Å². The van der Waals surface area contributed by atoms with E-state index in [0.717, 1.165) is 45.1 Å². The maximum absolute atomic E-state index is 15.6. The van der Waals surface area contributed by atoms with Gasteiger partial charge in [-0.3, -0.25) is 44.0 Å². The van der Waals surface area contributed by atoms with Gasteiger partial charge in [0.25, 0.3) is 5.91 Å². The zero-order chi connectivity index (χ0) is 74.7. The number of esters is 1. The van der Waals surface area contributed by atoms with Gasteiger partial charge in [0.2, 0.25) is 17.7 Å². The Hall–Kier alpha value is -6.98. The van der Waals surface area contributed by atoms with Crippen molar-refractivity contribution >= 4 is 85.8 Å². The molecule has 20 atom stereocenters. The fourth-order valence-corrected chi connectivity index (χ4v) is 18.8. The van der Waals surface area contributed by atoms with Crippen LogP contribution in [0.1, 0.15) is 74.8 Å². The molecule has 20 N–H and O–H groups in total. The average Bonchev–Trinajstić information content (AvgIpc) is 1.46. The molecule has 3 unspecified atom stereocenters. The SMILES string of the molecule is CC[C@]1(O)C[C@H]2CN(CCc3c([nH]c4ccccc34)[C@@](C(=O)OC)(c3cc4c(cc3OC)N(C)[C@H]3[C@@](O)(C(=O)NNC(=O)OCCSSC[C@H](NC(=O)[C@@H](NC(=O)C(CC(=O)O)NC(=O)[C@@H](NC)[C@@H](O)[C@H](O)[C@H](O)CO)[C@@H](O)[C@H](O)[C@H](O)CO)C(=O)O)[C@H](O)[C@]5(CC)C=CCN6CC[C@]43C65)C2)C1. The van der Waals surface area contributed by atoms with Crippen LogP contribution in [0.5, 0.6) is 5.75 Å². The van der Waals surface area contributed by atoms with Crippen LogP contribution in [0, 0.1) is 11.3 Å². The number of piperidine rings is 1. The van der Waals surface area contributed by atoms with Gasteiger partial charge in [0.15, 0.2) is 5.60 Å². The van der Waals surface area contributed by atoms with E-state index in [0.29, 0.717) is 86.7 Å². The highest BCUT2D eigenvalue weighted by Crippen LogP contribution is 2.68. The summed E-state index contributed by atoms with van der Waals surface area (Å²) in [5.41, 5.74) is 0.644. The number of carboxylic acid groups (broad SMARTS) is 2. The minimum atomic E-state index is -2.73. The number of likely N-dealkylation sites (N-methyl/N-ethyl adjacent to an activating group) is 2. The number of hydrogen-bond acceptors (Lipinski definition) is 28. The van der Waals surface area contributed by atoms with Gasteiger partial charge in [-0.2, -0.15) is 0 Å². The Labute approximate surface area is 594 Å². The number of amides is 5. The van der Waals surface area contributed by atoms with Crippen LogP contribution in [0.2, 0.25) is 0 Å². The maximum Gasteiger partial charge on any atom is 0.426 e. The number of fused-ring (bicyclic) bond motifs is 6. The predicted molar refractivity (Wildman–Crippen MR) is 365 cm³/mol. The van der Waals surface area contributed by atoms with Crippen molar-refractivity contribution in [3.63, 3.8) is 0 Å². The van der Waals surface area contributed by atoms with Crippen molar-refractivity contribution in [1.29, 1.82) is 0 Å². The van der Waals surface area contributed by atoms with Crippen LogP contribution in [-0.2, 0) is 60.3 Å². The van der Waals surface area contributed by atoms with Crippen LogP contribution in [0.25, 0.3) is 10.9 Å². The van der Waals surface area contributed by atoms with Crippen LogP contribution in [0.3, 0.4) is 0 Å². The number of nitrogens with one attached hydrogen (secondary N) is 7. The zero-order valence-electron chi connectivity index (χ0n) is 57.2. The lowest BCUT2D eigenvalue weighted by Crippen LogP contribution is -2.82. The van der Waals surface area contributed by atoms with Crippen molar-refractivity contribution in [2.24, 2.45) is 11.3 Å². The number of aromatic nitrogens is 1. The summed E-state index contributed by atoms with van der Waals surface area (Å²) in [6.07, 6.45) is -11.9. The molecule has 3 fully saturated rings. The van der Waals surface area contributed by atoms with Crippen LogP contribution in [0.15, 0.2) is 48.6 Å². The highest BCUT2D eigenvalue weighted by atomic mass is 33.1. The third-order valence-electron chi connectivity index (χ3n) is 21.5. The Morgan fingerprint density at radius 1 is 0.784 bits per heavy atom. The van der Waals surface area contributed by atoms with E-state index in [-0.39, 0.29) is 24.5 Å². The molecular weight excluding hydrogens is 1380 g/mol. The summed E-state index contributed by atoms with van der Waals surface area (Å²) in [4.78, 5) is 119. The minimum Gasteiger partial charge on any atom is -0.496 e. The quantitative estimate of drug-likeness (QED) is 0.00978. The number of aliphatic hydroxyl groups excluding tert-OH is 9. The number of rotatable bonds is 30. The van der Waals surface area contributed by atoms with Gasteiger partial charge in [0.05, 0.1) is 45.5 Å². The van der Waals surface area contributed by atoms with Gasteiger partial charge in [-0.15, -0.1) is 0 Å². The lowest BCUT2D eigenvalue weighted by molar-refractivity contribution is -0.204. The Morgan fingerprint density at radius 3 is 2.08 bits per heavy atom. The number of aliphatic hydroxyl groups is 11. The molecule has 0 radical (unpaired) electrons. The second-order valence-corrected chi connectivity index (χ2v) is 29.8. The molecular formula is C66H94N10O24S2. The zero-order valence-corrected chi connectivity index (χ0v) is 58.8. The van der Waals surface area contributed by atoms with Gasteiger partial charge in [-0.05, 0) is 81.3 Å². The number of carboxylic acids is 2. The Bertz CT molecular complexity index is 3630. The molecule has 2 aromatic carbocycles. The van der Waals surface area contributed by atoms with Gasteiger partial charge < -0.3 is 112 Å². The number of H-pyrrole nitrogens is 1. The molecule has 1 spiro atoms. The van der Waals surface area contributed by atoms with E-state index in [9.17, 15) is 95.2 Å². The number of methoxy groups -OCH3 is 2. The van der Waals surface area contributed by atoms with E-state index in [1.807, 2.05) is 72.3 Å². The van der Waals surface area contributed by atoms with E-state index >= 15 is 9.59 Å². The van der Waals surface area contributed by atoms with Crippen molar-refractivity contribution in [2.45, 2.75) is 160 Å². The second kappa shape index (κ2) is 32.2. The number of anilines is 1. The highest BCUT2D eigenvalue weighted by Gasteiger charge is 2.79. The highest BCUT2D eigenvalue weighted by molar-refractivity contribution is 8.76. The molecule has 36 heteroatoms. The summed E-state index contributed by atoms with van der Waals surface area (Å²) in [5.74, 6) is -10.2. The molecule has 1 saturated carbocycles. The molecule has 2 bridgehead atoms. The molecule has 564 valence electrons. The number of carbonyl (C=O) groups excluding carboxylic acids is 6. The largest absolute Gasteiger partial charge is 0.496 e. The van der Waals surface area contributed by atoms with Gasteiger partial charge in [-0.25, -0.2) is 15.0 Å². The lowest BCUT2D eigenvalue weighted by atomic mass is 9.47. The smallest absolute Gasteiger partial charge is 0.426 e. The molecule has 6 heterocycles. The molecule has 5 aliphatic heterocycles. The van der Waals surface area contributed by atoms with Crippen molar-refractivity contribution in [2.75, 3.05) is 97.3 Å². The summed E-state index contributed by atoms with van der Waals surface area (Å²) < 4.78 is 17.7. The topological polar surface area (TPSA) is 525 Å². The van der Waals surface area contributed by atoms with Gasteiger partial charge in [-0.1, -0.05) is 65.8 Å². The number of aromatic amines is 1. The molecule has 2 saturated heterocycles. The number of para-hydroxylation sites is 1. The van der Waals surface area contributed by atoms with E-state index in [2.05, 4.69) is 31.0 Å². The van der Waals surface area contributed by atoms with Gasteiger partial charge in [0, 0.05) is 95.5 Å².